The number of nitrogens with zero attached hydrogens (tertiary/aromatic N) is 1. The maximum Gasteiger partial charge on any atom is 0.181 e. The van der Waals surface area contributed by atoms with Crippen LogP contribution in [0.3, 0.4) is 0 Å². The van der Waals surface area contributed by atoms with Crippen molar-refractivity contribution in [2.75, 3.05) is 20.3 Å². The van der Waals surface area contributed by atoms with Crippen LogP contribution in [0.15, 0.2) is 53.9 Å². The molecule has 0 aliphatic carbocycles. The molecule has 0 saturated carbocycles. The number of benzene rings is 2. The van der Waals surface area contributed by atoms with Crippen molar-refractivity contribution in [3.63, 3.8) is 0 Å². The van der Waals surface area contributed by atoms with Crippen molar-refractivity contribution in [3.05, 3.63) is 76.3 Å². The number of Topliss-reactive ketones (excluding diaryl/α,β-unsaturated/α-hetero) is 2. The molecule has 192 valence electrons. The van der Waals surface area contributed by atoms with Gasteiger partial charge in [-0.05, 0) is 54.3 Å². The number of aromatic nitrogens is 1. The summed E-state index contributed by atoms with van der Waals surface area (Å²) >= 11 is 1.68. The van der Waals surface area contributed by atoms with Gasteiger partial charge in [0.1, 0.15) is 12.3 Å². The summed E-state index contributed by atoms with van der Waals surface area (Å²) < 4.78 is 12.0. The lowest BCUT2D eigenvalue weighted by Gasteiger charge is -2.12. The van der Waals surface area contributed by atoms with Gasteiger partial charge in [0.15, 0.2) is 23.1 Å². The number of thiophene rings is 1. The number of carbonyl (C=O) groups is 2. The van der Waals surface area contributed by atoms with E-state index in [1.54, 1.807) is 29.5 Å². The van der Waals surface area contributed by atoms with Crippen molar-refractivity contribution in [2.45, 2.75) is 39.5 Å². The van der Waals surface area contributed by atoms with Gasteiger partial charge >= 0.3 is 0 Å². The second kappa shape index (κ2) is 11.7. The Hall–Kier alpha value is -3.55. The Labute approximate surface area is 220 Å². The van der Waals surface area contributed by atoms with Gasteiger partial charge in [0.25, 0.3) is 0 Å². The summed E-state index contributed by atoms with van der Waals surface area (Å²) in [4.78, 5) is 30.8. The van der Waals surface area contributed by atoms with Crippen molar-refractivity contribution in [3.8, 4) is 22.8 Å². The molecule has 1 N–H and O–H groups in total. The van der Waals surface area contributed by atoms with Crippen molar-refractivity contribution >= 4 is 33.0 Å². The standard InChI is InChI=1S/C30H31NO5S/c1-18(2)21-14-24(23-17-37-30-19(3)6-5-7-22(23)30)31-25(15-21)27(34)10-9-26(33)20-8-11-28(36-13-12-32)29(16-20)35-4/h5-8,11,14-18,32H,9-10,12-13H2,1-4H3. The van der Waals surface area contributed by atoms with Crippen LogP contribution in [0.5, 0.6) is 11.5 Å². The minimum absolute atomic E-state index is 0.0569. The first kappa shape index (κ1) is 26.5. The van der Waals surface area contributed by atoms with Gasteiger partial charge in [-0.15, -0.1) is 11.3 Å². The van der Waals surface area contributed by atoms with Gasteiger partial charge in [-0.1, -0.05) is 32.0 Å². The van der Waals surface area contributed by atoms with Gasteiger partial charge in [0.2, 0.25) is 0 Å². The van der Waals surface area contributed by atoms with Crippen molar-refractivity contribution in [1.82, 2.24) is 4.98 Å². The predicted octanol–water partition coefficient (Wildman–Crippen LogP) is 6.62. The smallest absolute Gasteiger partial charge is 0.181 e. The lowest BCUT2D eigenvalue weighted by atomic mass is 9.97. The van der Waals surface area contributed by atoms with E-state index in [0.29, 0.717) is 22.8 Å². The fraction of sp³-hybridized carbons (Fsp3) is 0.300. The van der Waals surface area contributed by atoms with E-state index in [0.717, 1.165) is 22.2 Å². The lowest BCUT2D eigenvalue weighted by Crippen LogP contribution is -2.09. The minimum atomic E-state index is -0.167. The number of pyridine rings is 1. The van der Waals surface area contributed by atoms with Crippen molar-refractivity contribution in [1.29, 1.82) is 0 Å². The Morgan fingerprint density at radius 2 is 1.81 bits per heavy atom. The van der Waals surface area contributed by atoms with Crippen LogP contribution in [0.25, 0.3) is 21.3 Å². The lowest BCUT2D eigenvalue weighted by molar-refractivity contribution is 0.0914. The maximum atomic E-state index is 13.2. The maximum absolute atomic E-state index is 13.2. The Kier molecular flexibility index (Phi) is 8.36. The molecular weight excluding hydrogens is 486 g/mol. The third-order valence-electron chi connectivity index (χ3n) is 6.29. The highest BCUT2D eigenvalue weighted by Gasteiger charge is 2.18. The van der Waals surface area contributed by atoms with Gasteiger partial charge in [0.05, 0.1) is 19.4 Å². The molecule has 7 heteroatoms. The number of carbonyl (C=O) groups excluding carboxylic acids is 2. The molecule has 0 aliphatic rings. The van der Waals surface area contributed by atoms with Crippen LogP contribution in [-0.2, 0) is 0 Å². The molecule has 37 heavy (non-hydrogen) atoms. The molecular formula is C30H31NO5S. The average Bonchev–Trinajstić information content (AvgIpc) is 3.35. The number of hydrogen-bond acceptors (Lipinski definition) is 7. The number of hydrogen-bond donors (Lipinski definition) is 1. The molecule has 0 amide bonds. The number of aliphatic hydroxyl groups excluding tert-OH is 1. The number of aryl methyl sites for hydroxylation is 1. The van der Waals surface area contributed by atoms with Crippen molar-refractivity contribution in [2.24, 2.45) is 0 Å². The summed E-state index contributed by atoms with van der Waals surface area (Å²) in [7, 11) is 1.49. The van der Waals surface area contributed by atoms with Crippen LogP contribution in [0.2, 0.25) is 0 Å². The first-order valence-corrected chi connectivity index (χ1v) is 13.2. The molecule has 0 fully saturated rings. The number of methoxy groups -OCH3 is 1. The quantitative estimate of drug-likeness (QED) is 0.225. The normalized spacial score (nSPS) is 11.2. The predicted molar refractivity (Wildman–Crippen MR) is 147 cm³/mol. The third-order valence-corrected chi connectivity index (χ3v) is 7.42. The molecule has 4 rings (SSSR count). The highest BCUT2D eigenvalue weighted by molar-refractivity contribution is 7.18. The number of aliphatic hydroxyl groups is 1. The van der Waals surface area contributed by atoms with E-state index in [-0.39, 0.29) is 43.5 Å². The van der Waals surface area contributed by atoms with Gasteiger partial charge in [0, 0.05) is 39.4 Å². The zero-order valence-corrected chi connectivity index (χ0v) is 22.4. The van der Waals surface area contributed by atoms with Crippen LogP contribution >= 0.6 is 11.3 Å². The molecule has 2 aromatic heterocycles. The van der Waals surface area contributed by atoms with E-state index in [2.05, 4.69) is 44.4 Å². The van der Waals surface area contributed by atoms with Gasteiger partial charge in [-0.2, -0.15) is 0 Å². The van der Waals surface area contributed by atoms with E-state index in [1.807, 2.05) is 12.1 Å². The van der Waals surface area contributed by atoms with Crippen molar-refractivity contribution < 1.29 is 24.2 Å². The molecule has 4 aromatic rings. The first-order valence-electron chi connectivity index (χ1n) is 12.3. The summed E-state index contributed by atoms with van der Waals surface area (Å²) in [6.45, 7) is 6.28. The molecule has 0 bridgehead atoms. The van der Waals surface area contributed by atoms with Crippen LogP contribution in [0.1, 0.15) is 64.6 Å². The van der Waals surface area contributed by atoms with Crippen LogP contribution < -0.4 is 9.47 Å². The molecule has 0 saturated heterocycles. The van der Waals surface area contributed by atoms with Crippen LogP contribution in [0, 0.1) is 6.92 Å². The van der Waals surface area contributed by atoms with E-state index in [4.69, 9.17) is 19.6 Å². The molecule has 0 spiro atoms. The van der Waals surface area contributed by atoms with E-state index >= 15 is 0 Å². The Balaban J connectivity index is 1.56. The highest BCUT2D eigenvalue weighted by atomic mass is 32.1. The van der Waals surface area contributed by atoms with Gasteiger partial charge in [-0.3, -0.25) is 9.59 Å². The van der Waals surface area contributed by atoms with E-state index in [1.165, 1.54) is 17.4 Å². The summed E-state index contributed by atoms with van der Waals surface area (Å²) in [6, 6.07) is 15.0. The third kappa shape index (κ3) is 5.89. The molecule has 0 radical (unpaired) electrons. The summed E-state index contributed by atoms with van der Waals surface area (Å²) in [5.74, 6) is 0.741. The largest absolute Gasteiger partial charge is 0.493 e. The summed E-state index contributed by atoms with van der Waals surface area (Å²) in [5, 5.41) is 12.2. The number of ketones is 2. The summed E-state index contributed by atoms with van der Waals surface area (Å²) in [5.41, 5.74) is 4.87. The topological polar surface area (TPSA) is 85.7 Å². The first-order chi connectivity index (χ1) is 17.8. The molecule has 0 unspecified atom stereocenters. The molecule has 2 heterocycles. The second-order valence-electron chi connectivity index (χ2n) is 9.21. The number of ether oxygens (including phenoxy) is 2. The number of rotatable bonds is 11. The fourth-order valence-electron chi connectivity index (χ4n) is 4.18. The number of fused-ring (bicyclic) bond motifs is 1. The van der Waals surface area contributed by atoms with Gasteiger partial charge in [-0.25, -0.2) is 4.98 Å². The monoisotopic (exact) mass is 517 g/mol. The van der Waals surface area contributed by atoms with Crippen LogP contribution in [0.4, 0.5) is 0 Å². The van der Waals surface area contributed by atoms with Gasteiger partial charge < -0.3 is 14.6 Å². The fourth-order valence-corrected chi connectivity index (χ4v) is 5.22. The molecule has 0 aliphatic heterocycles. The SMILES string of the molecule is COc1cc(C(=O)CCC(=O)c2cc(C(C)C)cc(-c3csc4c(C)cccc34)n2)ccc1OCCO. The minimum Gasteiger partial charge on any atom is -0.493 e. The molecule has 0 atom stereocenters. The summed E-state index contributed by atoms with van der Waals surface area (Å²) in [6.07, 6.45) is 0.115. The van der Waals surface area contributed by atoms with E-state index in [9.17, 15) is 9.59 Å². The Bertz CT molecular complexity index is 1440. The zero-order valence-electron chi connectivity index (χ0n) is 21.5. The Morgan fingerprint density at radius 3 is 2.54 bits per heavy atom. The molecule has 2 aromatic carbocycles. The van der Waals surface area contributed by atoms with Crippen LogP contribution in [-0.4, -0.2) is 42.0 Å². The van der Waals surface area contributed by atoms with E-state index < -0.39 is 0 Å². The molecule has 6 nitrogen and oxygen atoms in total. The Morgan fingerprint density at radius 1 is 1.03 bits per heavy atom. The zero-order chi connectivity index (χ0) is 26.5. The average molecular weight is 518 g/mol. The second-order valence-corrected chi connectivity index (χ2v) is 10.1. The highest BCUT2D eigenvalue weighted by Crippen LogP contribution is 2.36.